The predicted octanol–water partition coefficient (Wildman–Crippen LogP) is 4.50. The maximum absolute atomic E-state index is 13.5. The number of pyridine rings is 1. The van der Waals surface area contributed by atoms with Crippen LogP contribution in [0.3, 0.4) is 0 Å². The Morgan fingerprint density at radius 2 is 1.88 bits per heavy atom. The van der Waals surface area contributed by atoms with Gasteiger partial charge >= 0.3 is 0 Å². The molecule has 3 aromatic rings. The van der Waals surface area contributed by atoms with Gasteiger partial charge in [-0.05, 0) is 49.4 Å². The summed E-state index contributed by atoms with van der Waals surface area (Å²) >= 11 is 5.96. The Balaban J connectivity index is 1.66. The fourth-order valence-corrected chi connectivity index (χ4v) is 3.43. The summed E-state index contributed by atoms with van der Waals surface area (Å²) in [5.74, 6) is -0.0867. The molecular formula is C23H19ClFN5O2. The minimum Gasteiger partial charge on any atom is -0.443 e. The van der Waals surface area contributed by atoms with Crippen molar-refractivity contribution in [1.82, 2.24) is 15.4 Å². The molecule has 4 rings (SSSR count). The second-order valence-corrected chi connectivity index (χ2v) is 7.59. The van der Waals surface area contributed by atoms with Crippen molar-refractivity contribution in [3.05, 3.63) is 101 Å². The van der Waals surface area contributed by atoms with Crippen LogP contribution < -0.4 is 5.43 Å². The zero-order chi connectivity index (χ0) is 22.7. The summed E-state index contributed by atoms with van der Waals surface area (Å²) in [5.41, 5.74) is 3.12. The summed E-state index contributed by atoms with van der Waals surface area (Å²) in [4.78, 5) is 16.5. The van der Waals surface area contributed by atoms with E-state index in [2.05, 4.69) is 20.6 Å². The van der Waals surface area contributed by atoms with Crippen molar-refractivity contribution in [2.45, 2.75) is 19.6 Å². The first-order valence-electron chi connectivity index (χ1n) is 9.71. The minimum absolute atomic E-state index is 0.343. The Kier molecular flexibility index (Phi) is 5.87. The molecule has 9 heteroatoms. The molecule has 1 amide bonds. The Morgan fingerprint density at radius 3 is 2.56 bits per heavy atom. The number of hydrazone groups is 2. The van der Waals surface area contributed by atoms with Gasteiger partial charge in [-0.15, -0.1) is 5.10 Å². The first-order valence-corrected chi connectivity index (χ1v) is 10.1. The van der Waals surface area contributed by atoms with Crippen LogP contribution in [0.15, 0.2) is 83.3 Å². The molecule has 0 fully saturated rings. The fraction of sp³-hybridized carbons (Fsp3) is 0.130. The van der Waals surface area contributed by atoms with Crippen LogP contribution in [0.2, 0.25) is 5.02 Å². The van der Waals surface area contributed by atoms with Gasteiger partial charge < -0.3 is 4.74 Å². The van der Waals surface area contributed by atoms with Gasteiger partial charge in [0.1, 0.15) is 11.7 Å². The number of amidine groups is 1. The average molecular weight is 452 g/mol. The van der Waals surface area contributed by atoms with E-state index in [0.717, 1.165) is 0 Å². The Labute approximate surface area is 189 Å². The molecule has 2 heterocycles. The first-order chi connectivity index (χ1) is 15.4. The van der Waals surface area contributed by atoms with Gasteiger partial charge in [-0.3, -0.25) is 9.78 Å². The lowest BCUT2D eigenvalue weighted by molar-refractivity contribution is -0.0103. The highest BCUT2D eigenvalue weighted by molar-refractivity contribution is 6.30. The first kappa shape index (κ1) is 21.5. The quantitative estimate of drug-likeness (QED) is 0.360. The lowest BCUT2D eigenvalue weighted by Crippen LogP contribution is -2.42. The van der Waals surface area contributed by atoms with Gasteiger partial charge in [0, 0.05) is 41.0 Å². The third-order valence-corrected chi connectivity index (χ3v) is 5.15. The number of carbonyl (C=O) groups excluding carboxylic acids is 1. The number of benzene rings is 2. The molecule has 1 aliphatic rings. The molecule has 1 N–H and O–H groups in total. The van der Waals surface area contributed by atoms with Gasteiger partial charge in [-0.2, -0.15) is 5.10 Å². The van der Waals surface area contributed by atoms with Gasteiger partial charge in [0.05, 0.1) is 0 Å². The zero-order valence-electron chi connectivity index (χ0n) is 17.3. The number of nitrogens with one attached hydrogen (secondary N) is 1. The molecule has 32 heavy (non-hydrogen) atoms. The average Bonchev–Trinajstić information content (AvgIpc) is 3.17. The normalized spacial score (nSPS) is 18.2. The zero-order valence-corrected chi connectivity index (χ0v) is 18.0. The number of rotatable bonds is 4. The van der Waals surface area contributed by atoms with E-state index < -0.39 is 11.6 Å². The van der Waals surface area contributed by atoms with Crippen molar-refractivity contribution in [1.29, 1.82) is 0 Å². The molecule has 1 atom stereocenters. The number of aromatic nitrogens is 1. The number of nitrogens with zero attached hydrogens (tertiary/aromatic N) is 4. The van der Waals surface area contributed by atoms with Crippen molar-refractivity contribution < 1.29 is 13.9 Å². The van der Waals surface area contributed by atoms with Gasteiger partial charge in [0.2, 0.25) is 11.6 Å². The molecule has 1 unspecified atom stereocenters. The van der Waals surface area contributed by atoms with Crippen LogP contribution >= 0.6 is 11.6 Å². The van der Waals surface area contributed by atoms with E-state index in [4.69, 9.17) is 16.3 Å². The van der Waals surface area contributed by atoms with Crippen molar-refractivity contribution in [3.8, 4) is 0 Å². The van der Waals surface area contributed by atoms with Crippen molar-refractivity contribution in [3.63, 3.8) is 0 Å². The van der Waals surface area contributed by atoms with Gasteiger partial charge in [0.25, 0.3) is 5.91 Å². The van der Waals surface area contributed by atoms with Crippen molar-refractivity contribution in [2.75, 3.05) is 0 Å². The molecule has 0 spiro atoms. The molecular weight excluding hydrogens is 433 g/mol. The van der Waals surface area contributed by atoms with E-state index in [-0.39, 0.29) is 5.82 Å². The third kappa shape index (κ3) is 4.31. The van der Waals surface area contributed by atoms with Crippen molar-refractivity contribution >= 4 is 29.2 Å². The molecule has 0 saturated carbocycles. The molecule has 2 aromatic carbocycles. The molecule has 1 aromatic heterocycles. The second kappa shape index (κ2) is 8.76. The Bertz CT molecular complexity index is 1200. The van der Waals surface area contributed by atoms with Crippen LogP contribution in [0, 0.1) is 5.82 Å². The molecule has 0 saturated heterocycles. The van der Waals surface area contributed by atoms with Crippen LogP contribution in [-0.4, -0.2) is 27.6 Å². The topological polar surface area (TPSA) is 79.2 Å². The number of amides is 1. The Hall–Kier alpha value is -3.78. The molecule has 1 aliphatic heterocycles. The van der Waals surface area contributed by atoms with E-state index in [0.29, 0.717) is 33.4 Å². The highest BCUT2D eigenvalue weighted by Crippen LogP contribution is 2.36. The largest absolute Gasteiger partial charge is 0.443 e. The number of hydrogen-bond acceptors (Lipinski definition) is 5. The van der Waals surface area contributed by atoms with E-state index in [9.17, 15) is 9.18 Å². The maximum atomic E-state index is 13.5. The molecule has 7 nitrogen and oxygen atoms in total. The van der Waals surface area contributed by atoms with Crippen LogP contribution in [0.5, 0.6) is 0 Å². The summed E-state index contributed by atoms with van der Waals surface area (Å²) in [6.45, 7) is 3.47. The SMILES string of the molecule is C/C(=N\NC(=O)c1cccc(Cl)c1)N1N=C(c2ccncc2)OC1(C)c1ccc(F)cc1. The highest BCUT2D eigenvalue weighted by atomic mass is 35.5. The van der Waals surface area contributed by atoms with Gasteiger partial charge in [-0.25, -0.2) is 14.8 Å². The fourth-order valence-electron chi connectivity index (χ4n) is 3.24. The molecule has 0 radical (unpaired) electrons. The minimum atomic E-state index is -1.12. The maximum Gasteiger partial charge on any atom is 0.271 e. The summed E-state index contributed by atoms with van der Waals surface area (Å²) in [5, 5.41) is 10.8. The molecule has 0 bridgehead atoms. The smallest absolute Gasteiger partial charge is 0.271 e. The number of halogens is 2. The van der Waals surface area contributed by atoms with Crippen molar-refractivity contribution in [2.24, 2.45) is 10.2 Å². The van der Waals surface area contributed by atoms with E-state index in [1.807, 2.05) is 0 Å². The monoisotopic (exact) mass is 451 g/mol. The lowest BCUT2D eigenvalue weighted by Gasteiger charge is -2.32. The van der Waals surface area contributed by atoms with Gasteiger partial charge in [0.15, 0.2) is 0 Å². The van der Waals surface area contributed by atoms with Crippen LogP contribution in [0.25, 0.3) is 0 Å². The number of carbonyl (C=O) groups is 1. The van der Waals surface area contributed by atoms with E-state index in [1.165, 1.54) is 17.1 Å². The second-order valence-electron chi connectivity index (χ2n) is 7.15. The summed E-state index contributed by atoms with van der Waals surface area (Å²) in [7, 11) is 0. The summed E-state index contributed by atoms with van der Waals surface area (Å²) in [6.07, 6.45) is 3.26. The Morgan fingerprint density at radius 1 is 1.16 bits per heavy atom. The van der Waals surface area contributed by atoms with E-state index >= 15 is 0 Å². The number of ether oxygens (including phenoxy) is 1. The van der Waals surface area contributed by atoms with Crippen LogP contribution in [-0.2, 0) is 10.5 Å². The standard InChI is InChI=1S/C23H19ClFN5O2/c1-15(27-28-21(31)17-4-3-5-19(24)14-17)30-23(2,18-6-8-20(25)9-7-18)32-22(29-30)16-10-12-26-13-11-16/h3-14H,1-2H3,(H,28,31)/b27-15+. The number of hydrogen-bond donors (Lipinski definition) is 1. The summed E-state index contributed by atoms with van der Waals surface area (Å²) in [6, 6.07) is 16.0. The van der Waals surface area contributed by atoms with E-state index in [1.54, 1.807) is 74.8 Å². The van der Waals surface area contributed by atoms with Crippen LogP contribution in [0.1, 0.15) is 35.3 Å². The van der Waals surface area contributed by atoms with Gasteiger partial charge in [-0.1, -0.05) is 29.8 Å². The third-order valence-electron chi connectivity index (χ3n) is 4.91. The highest BCUT2D eigenvalue weighted by Gasteiger charge is 2.44. The molecule has 0 aliphatic carbocycles. The predicted molar refractivity (Wildman–Crippen MR) is 119 cm³/mol. The lowest BCUT2D eigenvalue weighted by atomic mass is 10.0. The summed E-state index contributed by atoms with van der Waals surface area (Å²) < 4.78 is 19.7. The molecule has 162 valence electrons. The van der Waals surface area contributed by atoms with Crippen LogP contribution in [0.4, 0.5) is 4.39 Å².